The maximum Gasteiger partial charge on any atom is 1.00 e. The Morgan fingerprint density at radius 1 is 1.25 bits per heavy atom. The molecule has 0 bridgehead atoms. The molecule has 0 heterocycles. The van der Waals surface area contributed by atoms with Gasteiger partial charge in [-0.05, 0) is 55.2 Å². The van der Waals surface area contributed by atoms with Gasteiger partial charge >= 0.3 is 29.6 Å². The fraction of sp³-hybridized carbons (Fsp3) is 0.760. The van der Waals surface area contributed by atoms with Crippen molar-refractivity contribution in [2.75, 3.05) is 13.2 Å². The van der Waals surface area contributed by atoms with Gasteiger partial charge in [-0.3, -0.25) is 9.59 Å². The number of carbonyl (C=O) groups excluding carboxylic acids is 2. The molecule has 0 aromatic heterocycles. The van der Waals surface area contributed by atoms with Crippen molar-refractivity contribution in [3.8, 4) is 0 Å². The van der Waals surface area contributed by atoms with Gasteiger partial charge in [-0.15, -0.1) is 4.91 Å². The number of fused-ring (bicyclic) bond motifs is 1. The minimum absolute atomic E-state index is 0. The Bertz CT molecular complexity index is 804. The zero-order chi connectivity index (χ0) is 26.2. The molecule has 0 amide bonds. The van der Waals surface area contributed by atoms with Crippen molar-refractivity contribution in [3.05, 3.63) is 28.7 Å². The number of rotatable bonds is 15. The SMILES string of the molecule is CCC(=O)C(C)(N=O)C(=O)COC1CC(O)C=C2C=CC(C)[C@H](CCC(O)CC(O)CCO[O-])C21.[Na+]. The number of allylic oxidation sites excluding steroid dienone is 2. The summed E-state index contributed by atoms with van der Waals surface area (Å²) < 4.78 is 5.94. The molecule has 0 saturated carbocycles. The van der Waals surface area contributed by atoms with Crippen molar-refractivity contribution in [1.29, 1.82) is 0 Å². The Morgan fingerprint density at radius 2 is 1.92 bits per heavy atom. The van der Waals surface area contributed by atoms with Crippen molar-refractivity contribution in [2.24, 2.45) is 22.9 Å². The summed E-state index contributed by atoms with van der Waals surface area (Å²) in [5, 5.41) is 43.6. The largest absolute Gasteiger partial charge is 1.00 e. The van der Waals surface area contributed by atoms with E-state index < -0.39 is 48.1 Å². The Morgan fingerprint density at radius 3 is 2.53 bits per heavy atom. The molecule has 7 unspecified atom stereocenters. The Hall–Kier alpha value is -0.820. The number of nitroso groups, excluding NO2 is 1. The van der Waals surface area contributed by atoms with Crippen LogP contribution in [0.5, 0.6) is 0 Å². The summed E-state index contributed by atoms with van der Waals surface area (Å²) in [7, 11) is 0. The zero-order valence-corrected chi connectivity index (χ0v) is 23.7. The number of carbonyl (C=O) groups is 2. The van der Waals surface area contributed by atoms with Gasteiger partial charge in [-0.2, -0.15) is 0 Å². The average molecular weight is 520 g/mol. The van der Waals surface area contributed by atoms with E-state index >= 15 is 0 Å². The van der Waals surface area contributed by atoms with Crippen LogP contribution in [0.25, 0.3) is 0 Å². The van der Waals surface area contributed by atoms with Crippen molar-refractivity contribution >= 4 is 11.6 Å². The normalized spacial score (nSPS) is 28.6. The van der Waals surface area contributed by atoms with E-state index in [9.17, 15) is 35.1 Å². The molecule has 2 rings (SSSR count). The molecule has 2 aliphatic carbocycles. The van der Waals surface area contributed by atoms with Crippen LogP contribution in [0.4, 0.5) is 0 Å². The van der Waals surface area contributed by atoms with Crippen molar-refractivity contribution in [1.82, 2.24) is 0 Å². The Kier molecular flexibility index (Phi) is 14.4. The first-order valence-corrected chi connectivity index (χ1v) is 12.3. The van der Waals surface area contributed by atoms with Crippen molar-refractivity contribution < 1.29 is 69.3 Å². The maximum atomic E-state index is 12.7. The molecule has 0 fully saturated rings. The molecule has 0 aromatic rings. The molecule has 0 aromatic carbocycles. The van der Waals surface area contributed by atoms with Crippen LogP contribution in [0.1, 0.15) is 59.3 Å². The van der Waals surface area contributed by atoms with E-state index in [0.29, 0.717) is 12.8 Å². The third-order valence-electron chi connectivity index (χ3n) is 7.30. The van der Waals surface area contributed by atoms with Crippen LogP contribution in [-0.4, -0.2) is 70.1 Å². The molecule has 36 heavy (non-hydrogen) atoms. The van der Waals surface area contributed by atoms with Gasteiger partial charge in [0.25, 0.3) is 0 Å². The second-order valence-electron chi connectivity index (χ2n) is 9.82. The van der Waals surface area contributed by atoms with Crippen LogP contribution in [0, 0.1) is 22.7 Å². The van der Waals surface area contributed by atoms with Gasteiger partial charge in [0.05, 0.1) is 24.4 Å². The first kappa shape index (κ1) is 33.2. The molecule has 198 valence electrons. The number of ether oxygens (including phenoxy) is 1. The van der Waals surface area contributed by atoms with Crippen LogP contribution in [0.3, 0.4) is 0 Å². The Labute approximate surface area is 234 Å². The number of ketones is 2. The molecule has 0 radical (unpaired) electrons. The number of aliphatic hydroxyl groups is 3. The second-order valence-corrected chi connectivity index (χ2v) is 9.82. The molecule has 11 heteroatoms. The van der Waals surface area contributed by atoms with Gasteiger partial charge < -0.3 is 30.2 Å². The molecular formula is C25H38NNaO9. The summed E-state index contributed by atoms with van der Waals surface area (Å²) in [6, 6.07) is 0. The molecule has 0 spiro atoms. The quantitative estimate of drug-likeness (QED) is 0.0740. The van der Waals surface area contributed by atoms with Gasteiger partial charge in [-0.1, -0.05) is 32.1 Å². The summed E-state index contributed by atoms with van der Waals surface area (Å²) in [4.78, 5) is 39.9. The van der Waals surface area contributed by atoms with Crippen LogP contribution in [0.2, 0.25) is 0 Å². The number of aliphatic hydroxyl groups excluding tert-OH is 3. The average Bonchev–Trinajstić information content (AvgIpc) is 2.84. The van der Waals surface area contributed by atoms with E-state index in [4.69, 9.17) is 4.74 Å². The fourth-order valence-electron chi connectivity index (χ4n) is 5.08. The Balaban J connectivity index is 0.00000648. The number of Topliss-reactive ketones (excluding diaryl/α,β-unsaturated/α-hetero) is 2. The summed E-state index contributed by atoms with van der Waals surface area (Å²) in [6.07, 6.45) is 4.38. The first-order chi connectivity index (χ1) is 16.6. The molecule has 10 nitrogen and oxygen atoms in total. The third-order valence-corrected chi connectivity index (χ3v) is 7.30. The fourth-order valence-corrected chi connectivity index (χ4v) is 5.08. The number of hydrogen-bond donors (Lipinski definition) is 3. The molecular weight excluding hydrogens is 481 g/mol. The topological polar surface area (TPSA) is 166 Å². The second kappa shape index (κ2) is 15.6. The van der Waals surface area contributed by atoms with Crippen LogP contribution in [-0.2, 0) is 19.2 Å². The molecule has 8 atom stereocenters. The summed E-state index contributed by atoms with van der Waals surface area (Å²) in [5.74, 6) is -1.29. The zero-order valence-electron chi connectivity index (χ0n) is 21.7. The number of nitrogens with zero attached hydrogens (tertiary/aromatic N) is 1. The van der Waals surface area contributed by atoms with Gasteiger partial charge in [-0.25, -0.2) is 0 Å². The standard InChI is InChI=1S/C25H39NO9.Na/c1-4-22(30)25(3,26-32)23(31)14-34-21-13-19(29)11-16-6-5-15(2)20(24(16)21)8-7-17(27)12-18(28)9-10-35-33;/h5-6,11,15,17-21,24,27-29,33H,4,7-10,12-14H2,1-3H3;/q;+1/p-1/t15?,17?,18?,19?,20-,21?,24?,25?;/m0./s1. The van der Waals surface area contributed by atoms with Crippen LogP contribution >= 0.6 is 0 Å². The predicted octanol–water partition coefficient (Wildman–Crippen LogP) is -1.85. The third kappa shape index (κ3) is 8.61. The van der Waals surface area contributed by atoms with Crippen LogP contribution in [0.15, 0.2) is 29.0 Å². The van der Waals surface area contributed by atoms with Gasteiger partial charge in [0, 0.05) is 25.4 Å². The molecule has 2 aliphatic rings. The maximum absolute atomic E-state index is 12.7. The first-order valence-electron chi connectivity index (χ1n) is 12.3. The van der Waals surface area contributed by atoms with E-state index in [-0.39, 0.29) is 79.6 Å². The monoisotopic (exact) mass is 519 g/mol. The minimum Gasteiger partial charge on any atom is -0.723 e. The van der Waals surface area contributed by atoms with E-state index in [1.807, 2.05) is 19.1 Å². The smallest absolute Gasteiger partial charge is 0.723 e. The van der Waals surface area contributed by atoms with E-state index in [2.05, 4.69) is 10.1 Å². The molecule has 3 N–H and O–H groups in total. The van der Waals surface area contributed by atoms with E-state index in [1.54, 1.807) is 13.0 Å². The minimum atomic E-state index is -2.00. The van der Waals surface area contributed by atoms with Crippen molar-refractivity contribution in [2.45, 2.75) is 89.3 Å². The molecule has 0 saturated heterocycles. The van der Waals surface area contributed by atoms with Crippen LogP contribution < -0.4 is 34.8 Å². The van der Waals surface area contributed by atoms with Crippen molar-refractivity contribution in [3.63, 3.8) is 0 Å². The summed E-state index contributed by atoms with van der Waals surface area (Å²) >= 11 is 0. The van der Waals surface area contributed by atoms with Gasteiger partial charge in [0.1, 0.15) is 6.61 Å². The predicted molar refractivity (Wildman–Crippen MR) is 125 cm³/mol. The summed E-state index contributed by atoms with van der Waals surface area (Å²) in [5.41, 5.74) is -1.12. The van der Waals surface area contributed by atoms with E-state index in [0.717, 1.165) is 5.57 Å². The number of hydrogen-bond acceptors (Lipinski definition) is 10. The van der Waals surface area contributed by atoms with Gasteiger partial charge in [0.2, 0.25) is 5.54 Å². The van der Waals surface area contributed by atoms with E-state index in [1.165, 1.54) is 6.92 Å². The summed E-state index contributed by atoms with van der Waals surface area (Å²) in [6.45, 7) is 4.20. The molecule has 0 aliphatic heterocycles. The van der Waals surface area contributed by atoms with Gasteiger partial charge in [0.15, 0.2) is 11.6 Å².